The van der Waals surface area contributed by atoms with E-state index in [1.54, 1.807) is 18.2 Å². The Bertz CT molecular complexity index is 483. The molecular weight excluding hydrogens is 314 g/mol. The fraction of sp³-hybridized carbons (Fsp3) is 0.333. The van der Waals surface area contributed by atoms with Gasteiger partial charge in [-0.05, 0) is 54.9 Å². The summed E-state index contributed by atoms with van der Waals surface area (Å²) in [6.07, 6.45) is 0. The molecule has 1 aromatic carbocycles. The van der Waals surface area contributed by atoms with Crippen molar-refractivity contribution in [3.8, 4) is 0 Å². The SMILES string of the molecule is CC(C)(C)NC(=O)Nc1ccc(C(N)=S)cc1Br. The first-order valence-electron chi connectivity index (χ1n) is 5.37. The van der Waals surface area contributed by atoms with Gasteiger partial charge in [-0.3, -0.25) is 0 Å². The van der Waals surface area contributed by atoms with Gasteiger partial charge < -0.3 is 16.4 Å². The van der Waals surface area contributed by atoms with Crippen LogP contribution in [0.3, 0.4) is 0 Å². The molecule has 0 bridgehead atoms. The maximum Gasteiger partial charge on any atom is 0.319 e. The van der Waals surface area contributed by atoms with Crippen molar-refractivity contribution in [1.29, 1.82) is 0 Å². The molecule has 0 saturated carbocycles. The summed E-state index contributed by atoms with van der Waals surface area (Å²) in [5, 5.41) is 5.56. The van der Waals surface area contributed by atoms with Crippen molar-refractivity contribution in [3.05, 3.63) is 28.2 Å². The van der Waals surface area contributed by atoms with Crippen molar-refractivity contribution in [2.45, 2.75) is 26.3 Å². The molecule has 0 unspecified atom stereocenters. The zero-order valence-electron chi connectivity index (χ0n) is 10.5. The molecular formula is C12H16BrN3OS. The number of urea groups is 1. The Morgan fingerprint density at radius 3 is 2.44 bits per heavy atom. The summed E-state index contributed by atoms with van der Waals surface area (Å²) >= 11 is 8.25. The van der Waals surface area contributed by atoms with Gasteiger partial charge in [-0.15, -0.1) is 0 Å². The first-order valence-corrected chi connectivity index (χ1v) is 6.58. The third-order valence-corrected chi connectivity index (χ3v) is 2.88. The first kappa shape index (κ1) is 14.9. The Hall–Kier alpha value is -1.14. The number of hydrogen-bond donors (Lipinski definition) is 3. The van der Waals surface area contributed by atoms with Gasteiger partial charge in [0.05, 0.1) is 5.69 Å². The number of halogens is 1. The molecule has 0 aliphatic rings. The van der Waals surface area contributed by atoms with Crippen LogP contribution in [0.4, 0.5) is 10.5 Å². The number of carbonyl (C=O) groups excluding carboxylic acids is 1. The fourth-order valence-corrected chi connectivity index (χ4v) is 1.87. The molecule has 4 nitrogen and oxygen atoms in total. The number of benzene rings is 1. The summed E-state index contributed by atoms with van der Waals surface area (Å²) in [6.45, 7) is 5.74. The highest BCUT2D eigenvalue weighted by Crippen LogP contribution is 2.23. The number of carbonyl (C=O) groups is 1. The lowest BCUT2D eigenvalue weighted by atomic mass is 10.1. The molecule has 0 aliphatic heterocycles. The molecule has 18 heavy (non-hydrogen) atoms. The standard InChI is InChI=1S/C12H16BrN3OS/c1-12(2,3)16-11(17)15-9-5-4-7(10(14)18)6-8(9)13/h4-6H,1-3H3,(H2,14,18)(H2,15,16,17). The number of anilines is 1. The predicted molar refractivity (Wildman–Crippen MR) is 81.9 cm³/mol. The van der Waals surface area contributed by atoms with Gasteiger partial charge in [-0.1, -0.05) is 12.2 Å². The molecule has 4 N–H and O–H groups in total. The van der Waals surface area contributed by atoms with Crippen LogP contribution in [0.25, 0.3) is 0 Å². The highest BCUT2D eigenvalue weighted by atomic mass is 79.9. The Balaban J connectivity index is 2.80. The predicted octanol–water partition coefficient (Wildman–Crippen LogP) is 3.00. The van der Waals surface area contributed by atoms with Gasteiger partial charge in [0.25, 0.3) is 0 Å². The van der Waals surface area contributed by atoms with Crippen molar-refractivity contribution < 1.29 is 4.79 Å². The summed E-state index contributed by atoms with van der Waals surface area (Å²) in [6, 6.07) is 5.03. The minimum atomic E-state index is -0.282. The summed E-state index contributed by atoms with van der Waals surface area (Å²) in [5.74, 6) is 0. The minimum Gasteiger partial charge on any atom is -0.389 e. The van der Waals surface area contributed by atoms with Gasteiger partial charge in [-0.25, -0.2) is 4.79 Å². The Kier molecular flexibility index (Phi) is 4.70. The second-order valence-corrected chi connectivity index (χ2v) is 6.18. The minimum absolute atomic E-state index is 0.258. The normalized spacial score (nSPS) is 10.9. The molecule has 6 heteroatoms. The summed E-state index contributed by atoms with van der Waals surface area (Å²) in [5.41, 5.74) is 6.66. The van der Waals surface area contributed by atoms with Crippen LogP contribution < -0.4 is 16.4 Å². The van der Waals surface area contributed by atoms with Crippen molar-refractivity contribution >= 4 is 44.9 Å². The molecule has 0 aromatic heterocycles. The Morgan fingerprint density at radius 1 is 1.39 bits per heavy atom. The summed E-state index contributed by atoms with van der Waals surface area (Å²) in [7, 11) is 0. The molecule has 98 valence electrons. The second kappa shape index (κ2) is 5.67. The molecule has 0 aliphatic carbocycles. The summed E-state index contributed by atoms with van der Waals surface area (Å²) < 4.78 is 0.733. The molecule has 2 amide bonds. The molecule has 0 heterocycles. The third-order valence-electron chi connectivity index (χ3n) is 1.99. The average Bonchev–Trinajstić information content (AvgIpc) is 2.17. The lowest BCUT2D eigenvalue weighted by molar-refractivity contribution is 0.244. The monoisotopic (exact) mass is 329 g/mol. The number of rotatable bonds is 2. The molecule has 1 aromatic rings. The molecule has 0 atom stereocenters. The van der Waals surface area contributed by atoms with Gasteiger partial charge >= 0.3 is 6.03 Å². The maximum absolute atomic E-state index is 11.7. The van der Waals surface area contributed by atoms with E-state index in [0.717, 1.165) is 10.0 Å². The number of amides is 2. The lowest BCUT2D eigenvalue weighted by Gasteiger charge is -2.21. The second-order valence-electron chi connectivity index (χ2n) is 4.89. The van der Waals surface area contributed by atoms with E-state index < -0.39 is 0 Å². The molecule has 0 spiro atoms. The van der Waals surface area contributed by atoms with E-state index in [0.29, 0.717) is 10.7 Å². The first-order chi connectivity index (χ1) is 8.19. The van der Waals surface area contributed by atoms with E-state index in [-0.39, 0.29) is 11.6 Å². The van der Waals surface area contributed by atoms with E-state index >= 15 is 0 Å². The van der Waals surface area contributed by atoms with E-state index in [2.05, 4.69) is 26.6 Å². The molecule has 1 rings (SSSR count). The lowest BCUT2D eigenvalue weighted by Crippen LogP contribution is -2.43. The van der Waals surface area contributed by atoms with Crippen LogP contribution in [-0.2, 0) is 0 Å². The molecule has 0 radical (unpaired) electrons. The Labute approximate surface area is 120 Å². The van der Waals surface area contributed by atoms with Crippen LogP contribution in [0, 0.1) is 0 Å². The fourth-order valence-electron chi connectivity index (χ4n) is 1.26. The van der Waals surface area contributed by atoms with Crippen LogP contribution in [0.15, 0.2) is 22.7 Å². The third kappa shape index (κ3) is 4.62. The van der Waals surface area contributed by atoms with Crippen molar-refractivity contribution in [2.75, 3.05) is 5.32 Å². The zero-order chi connectivity index (χ0) is 13.9. The number of thiocarbonyl (C=S) groups is 1. The molecule has 0 saturated heterocycles. The van der Waals surface area contributed by atoms with Crippen LogP contribution >= 0.6 is 28.1 Å². The van der Waals surface area contributed by atoms with Crippen LogP contribution in [0.1, 0.15) is 26.3 Å². The van der Waals surface area contributed by atoms with Crippen LogP contribution in [-0.4, -0.2) is 16.6 Å². The van der Waals surface area contributed by atoms with Gasteiger partial charge in [0.2, 0.25) is 0 Å². The number of nitrogens with one attached hydrogen (secondary N) is 2. The largest absolute Gasteiger partial charge is 0.389 e. The number of nitrogens with two attached hydrogens (primary N) is 1. The van der Waals surface area contributed by atoms with E-state index in [1.165, 1.54) is 0 Å². The van der Waals surface area contributed by atoms with Gasteiger partial charge in [-0.2, -0.15) is 0 Å². The maximum atomic E-state index is 11.7. The average molecular weight is 330 g/mol. The van der Waals surface area contributed by atoms with Crippen LogP contribution in [0.2, 0.25) is 0 Å². The van der Waals surface area contributed by atoms with Gasteiger partial charge in [0.15, 0.2) is 0 Å². The number of hydrogen-bond acceptors (Lipinski definition) is 2. The van der Waals surface area contributed by atoms with Crippen molar-refractivity contribution in [1.82, 2.24) is 5.32 Å². The van der Waals surface area contributed by atoms with E-state index in [9.17, 15) is 4.79 Å². The Morgan fingerprint density at radius 2 is 2.00 bits per heavy atom. The highest BCUT2D eigenvalue weighted by Gasteiger charge is 2.14. The van der Waals surface area contributed by atoms with Gasteiger partial charge in [0.1, 0.15) is 4.99 Å². The topological polar surface area (TPSA) is 67.2 Å². The quantitative estimate of drug-likeness (QED) is 0.730. The van der Waals surface area contributed by atoms with Crippen molar-refractivity contribution in [2.24, 2.45) is 5.73 Å². The van der Waals surface area contributed by atoms with E-state index in [1.807, 2.05) is 20.8 Å². The zero-order valence-corrected chi connectivity index (χ0v) is 12.9. The smallest absolute Gasteiger partial charge is 0.319 e. The summed E-state index contributed by atoms with van der Waals surface area (Å²) in [4.78, 5) is 12.0. The molecule has 0 fully saturated rings. The van der Waals surface area contributed by atoms with Crippen LogP contribution in [0.5, 0.6) is 0 Å². The van der Waals surface area contributed by atoms with Gasteiger partial charge in [0, 0.05) is 15.6 Å². The highest BCUT2D eigenvalue weighted by molar-refractivity contribution is 9.10. The van der Waals surface area contributed by atoms with Crippen molar-refractivity contribution in [3.63, 3.8) is 0 Å². The van der Waals surface area contributed by atoms with E-state index in [4.69, 9.17) is 18.0 Å².